The zero-order chi connectivity index (χ0) is 14.5. The van der Waals surface area contributed by atoms with Gasteiger partial charge in [0.1, 0.15) is 6.10 Å². The SMILES string of the molecule is CCc1ccccc1CNC(=O)[C@@H]1CC[C@H](C(=O)O)O1. The third-order valence-electron chi connectivity index (χ3n) is 3.54. The third kappa shape index (κ3) is 3.36. The van der Waals surface area contributed by atoms with Crippen LogP contribution in [0.3, 0.4) is 0 Å². The fraction of sp³-hybridized carbons (Fsp3) is 0.467. The molecule has 0 aliphatic carbocycles. The minimum absolute atomic E-state index is 0.236. The molecule has 5 heteroatoms. The number of carboxylic acids is 1. The van der Waals surface area contributed by atoms with Gasteiger partial charge in [-0.3, -0.25) is 4.79 Å². The quantitative estimate of drug-likeness (QED) is 0.855. The highest BCUT2D eigenvalue weighted by Gasteiger charge is 2.34. The highest BCUT2D eigenvalue weighted by atomic mass is 16.5. The van der Waals surface area contributed by atoms with Crippen molar-refractivity contribution in [2.24, 2.45) is 0 Å². The Labute approximate surface area is 117 Å². The van der Waals surface area contributed by atoms with Gasteiger partial charge in [-0.25, -0.2) is 4.79 Å². The van der Waals surface area contributed by atoms with E-state index < -0.39 is 18.2 Å². The summed E-state index contributed by atoms with van der Waals surface area (Å²) in [4.78, 5) is 22.7. The largest absolute Gasteiger partial charge is 0.479 e. The monoisotopic (exact) mass is 277 g/mol. The second kappa shape index (κ2) is 6.52. The van der Waals surface area contributed by atoms with E-state index in [0.29, 0.717) is 19.4 Å². The van der Waals surface area contributed by atoms with E-state index in [2.05, 4.69) is 12.2 Å². The summed E-state index contributed by atoms with van der Waals surface area (Å²) in [6, 6.07) is 7.93. The average Bonchev–Trinajstić information content (AvgIpc) is 2.95. The van der Waals surface area contributed by atoms with Gasteiger partial charge >= 0.3 is 5.97 Å². The van der Waals surface area contributed by atoms with Crippen molar-refractivity contribution >= 4 is 11.9 Å². The van der Waals surface area contributed by atoms with Crippen molar-refractivity contribution in [3.05, 3.63) is 35.4 Å². The molecule has 1 saturated heterocycles. The van der Waals surface area contributed by atoms with Crippen LogP contribution in [0.2, 0.25) is 0 Å². The minimum Gasteiger partial charge on any atom is -0.479 e. The van der Waals surface area contributed by atoms with E-state index in [4.69, 9.17) is 9.84 Å². The molecule has 2 N–H and O–H groups in total. The number of carbonyl (C=O) groups is 2. The van der Waals surface area contributed by atoms with Crippen LogP contribution in [-0.4, -0.2) is 29.2 Å². The minimum atomic E-state index is -1.00. The molecule has 1 aromatic carbocycles. The Morgan fingerprint density at radius 2 is 1.90 bits per heavy atom. The van der Waals surface area contributed by atoms with Crippen molar-refractivity contribution in [2.45, 2.75) is 44.9 Å². The predicted octanol–water partition coefficient (Wildman–Crippen LogP) is 1.50. The highest BCUT2D eigenvalue weighted by Crippen LogP contribution is 2.20. The van der Waals surface area contributed by atoms with Crippen LogP contribution in [0.4, 0.5) is 0 Å². The summed E-state index contributed by atoms with van der Waals surface area (Å²) in [5.74, 6) is -1.24. The van der Waals surface area contributed by atoms with Crippen molar-refractivity contribution in [1.82, 2.24) is 5.32 Å². The molecular formula is C15H19NO4. The third-order valence-corrected chi connectivity index (χ3v) is 3.54. The van der Waals surface area contributed by atoms with E-state index in [1.54, 1.807) is 0 Å². The molecule has 20 heavy (non-hydrogen) atoms. The summed E-state index contributed by atoms with van der Waals surface area (Å²) < 4.78 is 5.22. The second-order valence-electron chi connectivity index (χ2n) is 4.87. The van der Waals surface area contributed by atoms with Crippen LogP contribution in [0.1, 0.15) is 30.9 Å². The van der Waals surface area contributed by atoms with Crippen LogP contribution in [0.15, 0.2) is 24.3 Å². The fourth-order valence-electron chi connectivity index (χ4n) is 2.38. The van der Waals surface area contributed by atoms with Gasteiger partial charge in [0.15, 0.2) is 6.10 Å². The Bertz CT molecular complexity index is 500. The summed E-state index contributed by atoms with van der Waals surface area (Å²) in [6.07, 6.45) is 0.253. The van der Waals surface area contributed by atoms with E-state index in [-0.39, 0.29) is 5.91 Å². The summed E-state index contributed by atoms with van der Waals surface area (Å²) in [5, 5.41) is 11.7. The fourth-order valence-corrected chi connectivity index (χ4v) is 2.38. The van der Waals surface area contributed by atoms with Gasteiger partial charge in [0.05, 0.1) is 0 Å². The highest BCUT2D eigenvalue weighted by molar-refractivity contribution is 5.82. The van der Waals surface area contributed by atoms with Gasteiger partial charge in [-0.15, -0.1) is 0 Å². The van der Waals surface area contributed by atoms with Gasteiger partial charge in [-0.05, 0) is 30.4 Å². The van der Waals surface area contributed by atoms with Crippen molar-refractivity contribution < 1.29 is 19.4 Å². The molecule has 5 nitrogen and oxygen atoms in total. The molecule has 1 heterocycles. The van der Waals surface area contributed by atoms with Gasteiger partial charge in [-0.1, -0.05) is 31.2 Å². The Hall–Kier alpha value is -1.88. The maximum Gasteiger partial charge on any atom is 0.332 e. The van der Waals surface area contributed by atoms with E-state index in [1.165, 1.54) is 5.56 Å². The van der Waals surface area contributed by atoms with E-state index in [0.717, 1.165) is 12.0 Å². The van der Waals surface area contributed by atoms with Crippen LogP contribution in [0.25, 0.3) is 0 Å². The molecule has 0 aromatic heterocycles. The number of benzene rings is 1. The van der Waals surface area contributed by atoms with Crippen molar-refractivity contribution in [2.75, 3.05) is 0 Å². The number of amides is 1. The first-order chi connectivity index (χ1) is 9.61. The number of aryl methyl sites for hydroxylation is 1. The summed E-state index contributed by atoms with van der Waals surface area (Å²) in [7, 11) is 0. The number of hydrogen-bond acceptors (Lipinski definition) is 3. The molecule has 1 fully saturated rings. The lowest BCUT2D eigenvalue weighted by Crippen LogP contribution is -2.35. The van der Waals surface area contributed by atoms with Crippen LogP contribution >= 0.6 is 0 Å². The molecule has 0 spiro atoms. The first kappa shape index (κ1) is 14.5. The maximum absolute atomic E-state index is 12.0. The lowest BCUT2D eigenvalue weighted by atomic mass is 10.1. The lowest BCUT2D eigenvalue weighted by molar-refractivity contribution is -0.151. The number of aliphatic carboxylic acids is 1. The first-order valence-corrected chi connectivity index (χ1v) is 6.84. The maximum atomic E-state index is 12.0. The molecule has 0 unspecified atom stereocenters. The summed E-state index contributed by atoms with van der Waals surface area (Å²) in [6.45, 7) is 2.51. The number of ether oxygens (including phenoxy) is 1. The molecule has 1 aliphatic heterocycles. The van der Waals surface area contributed by atoms with Crippen LogP contribution in [-0.2, 0) is 27.3 Å². The van der Waals surface area contributed by atoms with Gasteiger partial charge in [0.25, 0.3) is 0 Å². The van der Waals surface area contributed by atoms with Crippen LogP contribution in [0.5, 0.6) is 0 Å². The Morgan fingerprint density at radius 1 is 1.25 bits per heavy atom. The van der Waals surface area contributed by atoms with Crippen LogP contribution < -0.4 is 5.32 Å². The molecule has 0 radical (unpaired) electrons. The van der Waals surface area contributed by atoms with Crippen molar-refractivity contribution in [3.63, 3.8) is 0 Å². The molecule has 2 rings (SSSR count). The zero-order valence-corrected chi connectivity index (χ0v) is 11.5. The topological polar surface area (TPSA) is 75.6 Å². The van der Waals surface area contributed by atoms with Gasteiger partial charge in [-0.2, -0.15) is 0 Å². The molecule has 1 aromatic rings. The molecule has 108 valence electrons. The summed E-state index contributed by atoms with van der Waals surface area (Å²) in [5.41, 5.74) is 2.28. The number of hydrogen-bond donors (Lipinski definition) is 2. The van der Waals surface area contributed by atoms with E-state index in [9.17, 15) is 9.59 Å². The molecular weight excluding hydrogens is 258 g/mol. The Morgan fingerprint density at radius 3 is 2.50 bits per heavy atom. The summed E-state index contributed by atoms with van der Waals surface area (Å²) >= 11 is 0. The standard InChI is InChI=1S/C15H19NO4/c1-2-10-5-3-4-6-11(10)9-16-14(17)12-7-8-13(20-12)15(18)19/h3-6,12-13H,2,7-9H2,1H3,(H,16,17)(H,18,19)/t12-,13+/m0/s1. The van der Waals surface area contributed by atoms with Crippen molar-refractivity contribution in [3.8, 4) is 0 Å². The predicted molar refractivity (Wildman–Crippen MR) is 73.2 cm³/mol. The Balaban J connectivity index is 1.88. The smallest absolute Gasteiger partial charge is 0.332 e. The van der Waals surface area contributed by atoms with Gasteiger partial charge < -0.3 is 15.2 Å². The normalized spacial score (nSPS) is 21.6. The molecule has 0 saturated carbocycles. The first-order valence-electron chi connectivity index (χ1n) is 6.84. The van der Waals surface area contributed by atoms with E-state index in [1.807, 2.05) is 24.3 Å². The lowest BCUT2D eigenvalue weighted by Gasteiger charge is -2.13. The van der Waals surface area contributed by atoms with E-state index >= 15 is 0 Å². The Kier molecular flexibility index (Phi) is 4.74. The molecule has 0 bridgehead atoms. The van der Waals surface area contributed by atoms with Crippen molar-refractivity contribution in [1.29, 1.82) is 0 Å². The zero-order valence-electron chi connectivity index (χ0n) is 11.5. The number of carboxylic acid groups (broad SMARTS) is 1. The molecule has 1 aliphatic rings. The molecule has 1 amide bonds. The van der Waals surface area contributed by atoms with Crippen LogP contribution in [0, 0.1) is 0 Å². The number of carbonyl (C=O) groups excluding carboxylic acids is 1. The second-order valence-corrected chi connectivity index (χ2v) is 4.87. The average molecular weight is 277 g/mol. The van der Waals surface area contributed by atoms with Gasteiger partial charge in [0, 0.05) is 6.54 Å². The number of rotatable bonds is 5. The molecule has 2 atom stereocenters. The number of nitrogens with one attached hydrogen (secondary N) is 1. The van der Waals surface area contributed by atoms with Gasteiger partial charge in [0.2, 0.25) is 5.91 Å².